The summed E-state index contributed by atoms with van der Waals surface area (Å²) in [4.78, 5) is 32.4. The maximum Gasteiger partial charge on any atom is 0.261 e. The Kier molecular flexibility index (Phi) is 14.4. The van der Waals surface area contributed by atoms with Crippen molar-refractivity contribution in [3.8, 4) is 5.75 Å². The zero-order chi connectivity index (χ0) is 34.7. The van der Waals surface area contributed by atoms with Crippen LogP contribution in [-0.4, -0.2) is 112 Å². The predicted octanol–water partition coefficient (Wildman–Crippen LogP) is 4.22. The Labute approximate surface area is 279 Å². The van der Waals surface area contributed by atoms with E-state index in [1.165, 1.54) is 17.0 Å². The fourth-order valence-electron chi connectivity index (χ4n) is 5.39. The highest BCUT2D eigenvalue weighted by atomic mass is 32.2. The molecule has 47 heavy (non-hydrogen) atoms. The fourth-order valence-corrected chi connectivity index (χ4v) is 6.44. The number of hydrogen-bond donors (Lipinski definition) is 2. The second-order valence-electron chi connectivity index (χ2n) is 12.8. The molecule has 0 unspecified atom stereocenters. The molecule has 0 radical (unpaired) electrons. The Bertz CT molecular complexity index is 1420. The topological polar surface area (TPSA) is 129 Å². The largest absolute Gasteiger partial charge is 0.490 e. The van der Waals surface area contributed by atoms with Gasteiger partial charge in [0.15, 0.2) is 0 Å². The molecule has 2 aromatic rings. The minimum Gasteiger partial charge on any atom is -0.490 e. The monoisotopic (exact) mass is 678 g/mol. The number of aliphatic hydroxyl groups is 1. The first kappa shape index (κ1) is 38.2. The molecule has 1 aliphatic rings. The van der Waals surface area contributed by atoms with E-state index in [1.807, 2.05) is 32.8 Å². The van der Waals surface area contributed by atoms with Crippen LogP contribution in [0.2, 0.25) is 0 Å². The molecule has 0 saturated carbocycles. The smallest absolute Gasteiger partial charge is 0.261 e. The quantitative estimate of drug-likeness (QED) is 0.362. The van der Waals surface area contributed by atoms with Crippen molar-refractivity contribution in [2.75, 3.05) is 58.7 Å². The third-order valence-corrected chi connectivity index (χ3v) is 9.70. The molecule has 2 amide bonds. The first-order valence-electron chi connectivity index (χ1n) is 16.2. The summed E-state index contributed by atoms with van der Waals surface area (Å²) in [5.41, 5.74) is 0.255. The summed E-state index contributed by atoms with van der Waals surface area (Å²) in [7, 11) is 1.62. The lowest BCUT2D eigenvalue weighted by molar-refractivity contribution is -0.132. The van der Waals surface area contributed by atoms with Gasteiger partial charge >= 0.3 is 0 Å². The molecule has 262 valence electrons. The van der Waals surface area contributed by atoms with Crippen LogP contribution in [0.15, 0.2) is 47.4 Å². The van der Waals surface area contributed by atoms with E-state index in [0.717, 1.165) is 50.1 Å². The number of carbonyl (C=O) groups excluding carboxylic acids is 2. The third-order valence-electron chi connectivity index (χ3n) is 8.30. The zero-order valence-electron chi connectivity index (χ0n) is 28.4. The number of nitrogens with zero attached hydrogens (tertiary/aromatic N) is 3. The van der Waals surface area contributed by atoms with Crippen LogP contribution in [0.5, 0.6) is 5.75 Å². The molecular formula is C34H51FN4O7S. The molecule has 11 nitrogen and oxygen atoms in total. The summed E-state index contributed by atoms with van der Waals surface area (Å²) in [5.74, 6) is -0.925. The van der Waals surface area contributed by atoms with Crippen molar-refractivity contribution >= 4 is 27.5 Å². The SMILES string of the molecule is C[C@H](CO)N1C[C@H](C)[C@H](CN(C)C(=O)CCCN(C)C)OCCCC[C@H](C)Oc2ccc(NS(=O)(=O)c3ccc(F)cc3)cc2C1=O. The van der Waals surface area contributed by atoms with Crippen molar-refractivity contribution in [1.82, 2.24) is 14.7 Å². The first-order valence-corrected chi connectivity index (χ1v) is 17.7. The normalized spacial score (nSPS) is 20.6. The Balaban J connectivity index is 1.93. The zero-order valence-corrected chi connectivity index (χ0v) is 29.3. The van der Waals surface area contributed by atoms with E-state index in [9.17, 15) is 27.5 Å². The number of ether oxygens (including phenoxy) is 2. The second kappa shape index (κ2) is 17.8. The first-order chi connectivity index (χ1) is 22.2. The minimum absolute atomic E-state index is 0.0224. The number of rotatable bonds is 11. The molecule has 4 atom stereocenters. The predicted molar refractivity (Wildman–Crippen MR) is 180 cm³/mol. The summed E-state index contributed by atoms with van der Waals surface area (Å²) in [6.07, 6.45) is 2.83. The number of nitrogens with one attached hydrogen (secondary N) is 1. The Hall–Kier alpha value is -3.26. The minimum atomic E-state index is -4.09. The van der Waals surface area contributed by atoms with Crippen LogP contribution < -0.4 is 9.46 Å². The standard InChI is InChI=1S/C34H51FN4O7S/c1-24-21-39(25(2)23-40)34(42)30-20-28(36-47(43,44)29-15-12-27(35)13-16-29)14-17-31(30)46-26(3)10-7-8-19-45-32(24)22-38(6)33(41)11-9-18-37(4)5/h12-17,20,24-26,32,36,40H,7-11,18-19,21-23H2,1-6H3/t24-,25+,26-,32-/m0/s1. The van der Waals surface area contributed by atoms with Gasteiger partial charge in [0.2, 0.25) is 5.91 Å². The maximum atomic E-state index is 14.3. The molecule has 0 saturated heterocycles. The van der Waals surface area contributed by atoms with Gasteiger partial charge in [-0.25, -0.2) is 12.8 Å². The number of hydrogen-bond acceptors (Lipinski definition) is 8. The molecule has 2 N–H and O–H groups in total. The van der Waals surface area contributed by atoms with E-state index in [1.54, 1.807) is 24.9 Å². The molecule has 2 aromatic carbocycles. The van der Waals surface area contributed by atoms with E-state index in [4.69, 9.17) is 9.47 Å². The number of sulfonamides is 1. The maximum absolute atomic E-state index is 14.3. The van der Waals surface area contributed by atoms with E-state index in [2.05, 4.69) is 4.72 Å². The molecule has 3 rings (SSSR count). The number of amides is 2. The van der Waals surface area contributed by atoms with Gasteiger partial charge < -0.3 is 29.3 Å². The van der Waals surface area contributed by atoms with E-state index >= 15 is 0 Å². The van der Waals surface area contributed by atoms with Gasteiger partial charge in [-0.15, -0.1) is 0 Å². The highest BCUT2D eigenvalue weighted by Gasteiger charge is 2.31. The van der Waals surface area contributed by atoms with Gasteiger partial charge in [0.25, 0.3) is 15.9 Å². The number of carbonyl (C=O) groups is 2. The second-order valence-corrected chi connectivity index (χ2v) is 14.4. The van der Waals surface area contributed by atoms with Gasteiger partial charge in [-0.3, -0.25) is 14.3 Å². The van der Waals surface area contributed by atoms with Crippen LogP contribution >= 0.6 is 0 Å². The van der Waals surface area contributed by atoms with Crippen LogP contribution in [-0.2, 0) is 19.6 Å². The van der Waals surface area contributed by atoms with Crippen molar-refractivity contribution in [2.45, 2.75) is 76.0 Å². The van der Waals surface area contributed by atoms with Crippen LogP contribution in [0.25, 0.3) is 0 Å². The molecule has 1 aliphatic heterocycles. The van der Waals surface area contributed by atoms with Crippen molar-refractivity contribution in [1.29, 1.82) is 0 Å². The molecule has 0 bridgehead atoms. The van der Waals surface area contributed by atoms with Gasteiger partial charge in [-0.05, 0) is 103 Å². The average Bonchev–Trinajstić information content (AvgIpc) is 3.02. The van der Waals surface area contributed by atoms with Gasteiger partial charge in [-0.2, -0.15) is 0 Å². The fraction of sp³-hybridized carbons (Fsp3) is 0.588. The summed E-state index contributed by atoms with van der Waals surface area (Å²) in [5, 5.41) is 10.2. The number of halogens is 1. The van der Waals surface area contributed by atoms with Crippen molar-refractivity contribution in [3.05, 3.63) is 53.8 Å². The highest BCUT2D eigenvalue weighted by Crippen LogP contribution is 2.29. The van der Waals surface area contributed by atoms with E-state index in [0.29, 0.717) is 31.7 Å². The number of fused-ring (bicyclic) bond motifs is 1. The molecule has 1 heterocycles. The van der Waals surface area contributed by atoms with Gasteiger partial charge in [0.05, 0.1) is 35.3 Å². The Morgan fingerprint density at radius 3 is 2.49 bits per heavy atom. The molecular weight excluding hydrogens is 627 g/mol. The number of aliphatic hydroxyl groups excluding tert-OH is 1. The lowest BCUT2D eigenvalue weighted by atomic mass is 10.0. The molecule has 0 aliphatic carbocycles. The highest BCUT2D eigenvalue weighted by molar-refractivity contribution is 7.92. The van der Waals surface area contributed by atoms with Gasteiger partial charge in [0, 0.05) is 44.8 Å². The lowest BCUT2D eigenvalue weighted by Crippen LogP contribution is -2.48. The van der Waals surface area contributed by atoms with Crippen LogP contribution in [0.3, 0.4) is 0 Å². The molecule has 0 aromatic heterocycles. The van der Waals surface area contributed by atoms with E-state index < -0.39 is 27.8 Å². The van der Waals surface area contributed by atoms with Crippen molar-refractivity contribution in [2.24, 2.45) is 5.92 Å². The average molecular weight is 679 g/mol. The third kappa shape index (κ3) is 11.4. The number of likely N-dealkylation sites (N-methyl/N-ethyl adjacent to an activating group) is 1. The number of anilines is 1. The van der Waals surface area contributed by atoms with Crippen molar-refractivity contribution in [3.63, 3.8) is 0 Å². The summed E-state index contributed by atoms with van der Waals surface area (Å²) in [6.45, 7) is 7.14. The molecule has 0 fully saturated rings. The van der Waals surface area contributed by atoms with Gasteiger partial charge in [-0.1, -0.05) is 6.92 Å². The van der Waals surface area contributed by atoms with Crippen LogP contribution in [0, 0.1) is 11.7 Å². The summed E-state index contributed by atoms with van der Waals surface area (Å²) in [6, 6.07) is 8.34. The number of benzene rings is 2. The van der Waals surface area contributed by atoms with Crippen molar-refractivity contribution < 1.29 is 37.0 Å². The lowest BCUT2D eigenvalue weighted by Gasteiger charge is -2.36. The Morgan fingerprint density at radius 1 is 1.13 bits per heavy atom. The van der Waals surface area contributed by atoms with Crippen LogP contribution in [0.4, 0.5) is 10.1 Å². The molecule has 13 heteroatoms. The van der Waals surface area contributed by atoms with Crippen LogP contribution in [0.1, 0.15) is 63.2 Å². The van der Waals surface area contributed by atoms with E-state index in [-0.39, 0.29) is 53.3 Å². The summed E-state index contributed by atoms with van der Waals surface area (Å²) < 4.78 is 54.6. The Morgan fingerprint density at radius 2 is 1.83 bits per heavy atom. The molecule has 0 spiro atoms. The van der Waals surface area contributed by atoms with Gasteiger partial charge in [0.1, 0.15) is 11.6 Å². The summed E-state index contributed by atoms with van der Waals surface area (Å²) >= 11 is 0.